The van der Waals surface area contributed by atoms with Crippen molar-refractivity contribution in [3.8, 4) is 45.2 Å². The van der Waals surface area contributed by atoms with E-state index in [1.807, 2.05) is 24.3 Å². The molecule has 4 heteroatoms. The zero-order valence-electron chi connectivity index (χ0n) is 29.5. The highest BCUT2D eigenvalue weighted by Crippen LogP contribution is 2.43. The van der Waals surface area contributed by atoms with Crippen molar-refractivity contribution in [1.29, 1.82) is 0 Å². The number of pyridine rings is 1. The minimum absolute atomic E-state index is 0.701. The first-order valence-corrected chi connectivity index (χ1v) is 18.6. The molecule has 0 atom stereocenters. The van der Waals surface area contributed by atoms with Gasteiger partial charge in [0, 0.05) is 38.4 Å². The highest BCUT2D eigenvalue weighted by molar-refractivity contribution is 6.25. The Morgan fingerprint density at radius 1 is 0.364 bits per heavy atom. The predicted molar refractivity (Wildman–Crippen MR) is 228 cm³/mol. The highest BCUT2D eigenvalue weighted by Gasteiger charge is 2.21. The monoisotopic (exact) mass is 699 g/mol. The Labute approximate surface area is 315 Å². The first-order chi connectivity index (χ1) is 27.3. The second kappa shape index (κ2) is 11.5. The van der Waals surface area contributed by atoms with Gasteiger partial charge >= 0.3 is 0 Å². The first kappa shape index (κ1) is 30.1. The average molecular weight is 700 g/mol. The summed E-state index contributed by atoms with van der Waals surface area (Å²) in [5, 5.41) is 12.7. The van der Waals surface area contributed by atoms with Gasteiger partial charge in [-0.3, -0.25) is 0 Å². The number of fused-ring (bicyclic) bond motifs is 6. The summed E-state index contributed by atoms with van der Waals surface area (Å²) in [6, 6.07) is 62.0. The van der Waals surface area contributed by atoms with Crippen molar-refractivity contribution in [1.82, 2.24) is 15.0 Å². The fourth-order valence-corrected chi connectivity index (χ4v) is 8.71. The minimum Gasteiger partial charge on any atom is -0.454 e. The molecule has 0 spiro atoms. The van der Waals surface area contributed by atoms with Gasteiger partial charge in [-0.1, -0.05) is 152 Å². The van der Waals surface area contributed by atoms with Gasteiger partial charge in [0.25, 0.3) is 0 Å². The lowest BCUT2D eigenvalue weighted by molar-refractivity contribution is 0.672. The number of hydrogen-bond donors (Lipinski definition) is 0. The third-order valence-electron chi connectivity index (χ3n) is 11.2. The van der Waals surface area contributed by atoms with E-state index in [0.717, 1.165) is 88.3 Å². The zero-order chi connectivity index (χ0) is 36.0. The summed E-state index contributed by atoms with van der Waals surface area (Å²) in [7, 11) is 0. The van der Waals surface area contributed by atoms with Crippen LogP contribution in [0.1, 0.15) is 0 Å². The Hall–Kier alpha value is -7.43. The van der Waals surface area contributed by atoms with E-state index in [0.29, 0.717) is 5.82 Å². The fourth-order valence-electron chi connectivity index (χ4n) is 8.71. The van der Waals surface area contributed by atoms with Crippen LogP contribution in [0.4, 0.5) is 0 Å². The van der Waals surface area contributed by atoms with E-state index in [4.69, 9.17) is 19.4 Å². The number of para-hydroxylation sites is 1. The van der Waals surface area contributed by atoms with Crippen LogP contribution in [0.3, 0.4) is 0 Å². The fraction of sp³-hybridized carbons (Fsp3) is 0. The predicted octanol–water partition coefficient (Wildman–Crippen LogP) is 13.6. The summed E-state index contributed by atoms with van der Waals surface area (Å²) in [6.07, 6.45) is 0. The average Bonchev–Trinajstić information content (AvgIpc) is 3.64. The molecule has 3 heterocycles. The Morgan fingerprint density at radius 2 is 0.964 bits per heavy atom. The molecule has 4 nitrogen and oxygen atoms in total. The van der Waals surface area contributed by atoms with E-state index < -0.39 is 0 Å². The molecule has 0 fully saturated rings. The number of nitrogens with zero attached hydrogens (tertiary/aromatic N) is 3. The van der Waals surface area contributed by atoms with Gasteiger partial charge < -0.3 is 4.42 Å². The molecule has 0 bridgehead atoms. The van der Waals surface area contributed by atoms with Crippen LogP contribution in [0, 0.1) is 0 Å². The molecule has 0 aliphatic heterocycles. The number of aromatic nitrogens is 3. The second-order valence-corrected chi connectivity index (χ2v) is 14.3. The zero-order valence-corrected chi connectivity index (χ0v) is 29.5. The van der Waals surface area contributed by atoms with E-state index in [9.17, 15) is 0 Å². The van der Waals surface area contributed by atoms with Crippen LogP contribution in [0.2, 0.25) is 0 Å². The molecule has 3 aromatic heterocycles. The molecular formula is C51H29N3O. The summed E-state index contributed by atoms with van der Waals surface area (Å²) in [5.74, 6) is 0.701. The third kappa shape index (κ3) is 4.49. The number of rotatable bonds is 4. The van der Waals surface area contributed by atoms with E-state index >= 15 is 0 Å². The van der Waals surface area contributed by atoms with Gasteiger partial charge in [0.05, 0.1) is 17.1 Å². The topological polar surface area (TPSA) is 51.8 Å². The van der Waals surface area contributed by atoms with E-state index in [1.165, 1.54) is 26.9 Å². The van der Waals surface area contributed by atoms with Crippen molar-refractivity contribution in [2.45, 2.75) is 0 Å². The van der Waals surface area contributed by atoms with Crippen LogP contribution < -0.4 is 0 Å². The van der Waals surface area contributed by atoms with E-state index in [2.05, 4.69) is 152 Å². The summed E-state index contributed by atoms with van der Waals surface area (Å²) < 4.78 is 6.40. The molecule has 0 aliphatic rings. The number of furan rings is 1. The maximum absolute atomic E-state index is 6.40. The van der Waals surface area contributed by atoms with Crippen molar-refractivity contribution in [2.75, 3.05) is 0 Å². The van der Waals surface area contributed by atoms with Gasteiger partial charge in [0.15, 0.2) is 11.4 Å². The maximum Gasteiger partial charge on any atom is 0.161 e. The summed E-state index contributed by atoms with van der Waals surface area (Å²) in [4.78, 5) is 16.1. The van der Waals surface area contributed by atoms with Crippen molar-refractivity contribution in [3.63, 3.8) is 0 Å². The molecule has 12 aromatic rings. The Bertz CT molecular complexity index is 3480. The van der Waals surface area contributed by atoms with Crippen LogP contribution in [0.15, 0.2) is 180 Å². The third-order valence-corrected chi connectivity index (χ3v) is 11.2. The number of benzene rings is 9. The van der Waals surface area contributed by atoms with E-state index in [-0.39, 0.29) is 0 Å². The molecule has 0 saturated heterocycles. The van der Waals surface area contributed by atoms with Gasteiger partial charge in [-0.15, -0.1) is 0 Å². The Morgan fingerprint density at radius 3 is 1.78 bits per heavy atom. The normalized spacial score (nSPS) is 12.0. The van der Waals surface area contributed by atoms with Gasteiger partial charge in [0.1, 0.15) is 11.1 Å². The van der Waals surface area contributed by atoms with Crippen molar-refractivity contribution in [3.05, 3.63) is 176 Å². The van der Waals surface area contributed by atoms with Crippen LogP contribution >= 0.6 is 0 Å². The quantitative estimate of drug-likeness (QED) is 0.172. The highest BCUT2D eigenvalue weighted by atomic mass is 16.3. The molecule has 254 valence electrons. The summed E-state index contributed by atoms with van der Waals surface area (Å²) in [6.45, 7) is 0. The molecule has 0 amide bonds. The molecule has 0 saturated carbocycles. The molecule has 55 heavy (non-hydrogen) atoms. The van der Waals surface area contributed by atoms with Gasteiger partial charge in [-0.2, -0.15) is 0 Å². The lowest BCUT2D eigenvalue weighted by atomic mass is 9.91. The Kier molecular flexibility index (Phi) is 6.31. The standard InChI is InChI=1S/C51H29N3O/c1-2-11-30(12-3-1)43-29-44(53-51(52-43)41-26-24-33-22-21-31-13-10-14-32-23-25-37(41)47(33)46(31)32)36-27-28-39(35-16-5-4-15-34(35)36)48-38-17-6-7-18-40(38)50-49(54-48)42-19-8-9-20-45(42)55-50/h1-29H. The van der Waals surface area contributed by atoms with Crippen LogP contribution in [0.25, 0.3) is 121 Å². The molecule has 9 aromatic carbocycles. The van der Waals surface area contributed by atoms with Crippen molar-refractivity contribution in [2.24, 2.45) is 0 Å². The smallest absolute Gasteiger partial charge is 0.161 e. The van der Waals surface area contributed by atoms with E-state index in [1.54, 1.807) is 0 Å². The summed E-state index contributed by atoms with van der Waals surface area (Å²) in [5.41, 5.74) is 9.36. The SMILES string of the molecule is c1ccc(-c2cc(-c3ccc(-c4nc5c6ccccc6oc5c5ccccc45)c4ccccc34)nc(-c3ccc4ccc5cccc6ccc3c4c56)n2)cc1. The van der Waals surface area contributed by atoms with Crippen molar-refractivity contribution >= 4 is 75.9 Å². The lowest BCUT2D eigenvalue weighted by Crippen LogP contribution is -1.98. The van der Waals surface area contributed by atoms with Gasteiger partial charge in [-0.25, -0.2) is 15.0 Å². The molecule has 0 N–H and O–H groups in total. The van der Waals surface area contributed by atoms with Crippen LogP contribution in [-0.2, 0) is 0 Å². The lowest BCUT2D eigenvalue weighted by Gasteiger charge is -2.16. The number of hydrogen-bond acceptors (Lipinski definition) is 4. The molecule has 12 rings (SSSR count). The molecular weight excluding hydrogens is 671 g/mol. The molecule has 0 unspecified atom stereocenters. The largest absolute Gasteiger partial charge is 0.454 e. The second-order valence-electron chi connectivity index (χ2n) is 14.3. The maximum atomic E-state index is 6.40. The first-order valence-electron chi connectivity index (χ1n) is 18.6. The summed E-state index contributed by atoms with van der Waals surface area (Å²) >= 11 is 0. The Balaban J connectivity index is 1.11. The molecule has 0 aliphatic carbocycles. The van der Waals surface area contributed by atoms with Crippen molar-refractivity contribution < 1.29 is 4.42 Å². The van der Waals surface area contributed by atoms with Crippen LogP contribution in [0.5, 0.6) is 0 Å². The molecule has 0 radical (unpaired) electrons. The van der Waals surface area contributed by atoms with Crippen LogP contribution in [-0.4, -0.2) is 15.0 Å². The van der Waals surface area contributed by atoms with Gasteiger partial charge in [-0.05, 0) is 67.4 Å². The van der Waals surface area contributed by atoms with Gasteiger partial charge in [0.2, 0.25) is 0 Å². The minimum atomic E-state index is 0.701.